The van der Waals surface area contributed by atoms with Gasteiger partial charge in [0.1, 0.15) is 24.6 Å². The molecule has 0 amide bonds. The van der Waals surface area contributed by atoms with Crippen molar-refractivity contribution in [2.75, 3.05) is 0 Å². The van der Waals surface area contributed by atoms with Gasteiger partial charge in [-0.05, 0) is 104 Å². The average molecular weight is 647 g/mol. The molecule has 0 bridgehead atoms. The molecule has 0 aromatic carbocycles. The van der Waals surface area contributed by atoms with Crippen LogP contribution in [-0.2, 0) is 23.9 Å². The molecule has 6 aliphatic rings. The Kier molecular flexibility index (Phi) is 8.01. The molecule has 5 N–H and O–H groups in total. The Bertz CT molecular complexity index is 1310. The summed E-state index contributed by atoms with van der Waals surface area (Å²) in [6, 6.07) is 0. The van der Waals surface area contributed by atoms with E-state index in [2.05, 4.69) is 40.7 Å². The summed E-state index contributed by atoms with van der Waals surface area (Å²) in [7, 11) is 0. The van der Waals surface area contributed by atoms with Crippen molar-refractivity contribution in [3.63, 3.8) is 0 Å². The minimum Gasteiger partial charge on any atom is -0.481 e. The van der Waals surface area contributed by atoms with Crippen LogP contribution in [0.15, 0.2) is 11.6 Å². The van der Waals surface area contributed by atoms with E-state index in [1.165, 1.54) is 5.57 Å². The van der Waals surface area contributed by atoms with Crippen LogP contribution in [0.4, 0.5) is 0 Å². The van der Waals surface area contributed by atoms with Crippen molar-refractivity contribution < 1.29 is 49.4 Å². The zero-order valence-corrected chi connectivity index (χ0v) is 28.2. The van der Waals surface area contributed by atoms with Crippen molar-refractivity contribution in [2.45, 2.75) is 143 Å². The van der Waals surface area contributed by atoms with E-state index in [0.29, 0.717) is 12.8 Å². The molecule has 4 saturated carbocycles. The van der Waals surface area contributed by atoms with Gasteiger partial charge in [0, 0.05) is 0 Å². The molecule has 5 fully saturated rings. The number of aliphatic hydroxyl groups excluding tert-OH is 3. The van der Waals surface area contributed by atoms with Gasteiger partial charge in [-0.25, -0.2) is 4.79 Å². The molecule has 0 unspecified atom stereocenters. The number of aliphatic hydroxyl groups is 3. The monoisotopic (exact) mass is 646 g/mol. The molecular weight excluding hydrogens is 592 g/mol. The first kappa shape index (κ1) is 34.0. The fourth-order valence-corrected chi connectivity index (χ4v) is 12.0. The molecule has 0 radical (unpaired) electrons. The maximum Gasteiger partial charge on any atom is 0.335 e. The molecule has 14 atom stereocenters. The van der Waals surface area contributed by atoms with E-state index < -0.39 is 59.6 Å². The van der Waals surface area contributed by atoms with Crippen molar-refractivity contribution in [1.82, 2.24) is 0 Å². The van der Waals surface area contributed by atoms with E-state index >= 15 is 0 Å². The number of carboxylic acid groups (broad SMARTS) is 2. The van der Waals surface area contributed by atoms with Crippen molar-refractivity contribution in [1.29, 1.82) is 0 Å². The van der Waals surface area contributed by atoms with Gasteiger partial charge in [0.2, 0.25) is 0 Å². The van der Waals surface area contributed by atoms with Crippen molar-refractivity contribution >= 4 is 18.2 Å². The van der Waals surface area contributed by atoms with Crippen molar-refractivity contribution in [2.24, 2.45) is 50.2 Å². The van der Waals surface area contributed by atoms with Crippen LogP contribution in [-0.4, -0.2) is 80.6 Å². The van der Waals surface area contributed by atoms with Gasteiger partial charge in [0.25, 0.3) is 0 Å². The second-order valence-corrected chi connectivity index (χ2v) is 17.6. The molecule has 1 saturated heterocycles. The number of rotatable bonds is 5. The number of ether oxygens (including phenoxy) is 2. The summed E-state index contributed by atoms with van der Waals surface area (Å²) in [4.78, 5) is 37.7. The molecular formula is C36H54O10. The van der Waals surface area contributed by atoms with Crippen molar-refractivity contribution in [3.8, 4) is 0 Å². The molecule has 0 aromatic heterocycles. The lowest BCUT2D eigenvalue weighted by Crippen LogP contribution is -2.67. The summed E-state index contributed by atoms with van der Waals surface area (Å²) in [5, 5.41) is 51.3. The van der Waals surface area contributed by atoms with E-state index in [4.69, 9.17) is 9.47 Å². The van der Waals surface area contributed by atoms with Crippen LogP contribution < -0.4 is 0 Å². The molecule has 0 spiro atoms. The number of fused-ring (bicyclic) bond motifs is 7. The van der Waals surface area contributed by atoms with Crippen LogP contribution in [0.1, 0.15) is 106 Å². The normalized spacial score (nSPS) is 53.0. The Morgan fingerprint density at radius 2 is 1.54 bits per heavy atom. The van der Waals surface area contributed by atoms with E-state index in [0.717, 1.165) is 57.7 Å². The van der Waals surface area contributed by atoms with Gasteiger partial charge in [-0.3, -0.25) is 4.79 Å². The first-order valence-corrected chi connectivity index (χ1v) is 17.3. The Balaban J connectivity index is 1.31. The van der Waals surface area contributed by atoms with Gasteiger partial charge in [0.15, 0.2) is 12.4 Å². The second-order valence-electron chi connectivity index (χ2n) is 17.6. The molecule has 258 valence electrons. The van der Waals surface area contributed by atoms with Gasteiger partial charge in [-0.1, -0.05) is 53.2 Å². The first-order chi connectivity index (χ1) is 21.3. The molecule has 46 heavy (non-hydrogen) atoms. The molecule has 1 heterocycles. The Morgan fingerprint density at radius 3 is 2.17 bits per heavy atom. The fraction of sp³-hybridized carbons (Fsp3) is 0.861. The third kappa shape index (κ3) is 4.49. The first-order valence-electron chi connectivity index (χ1n) is 17.3. The summed E-state index contributed by atoms with van der Waals surface area (Å²) in [6.07, 6.45) is 1.84. The van der Waals surface area contributed by atoms with Gasteiger partial charge >= 0.3 is 11.9 Å². The van der Waals surface area contributed by atoms with Crippen LogP contribution in [0.25, 0.3) is 0 Å². The van der Waals surface area contributed by atoms with Crippen molar-refractivity contribution in [3.05, 3.63) is 11.6 Å². The summed E-state index contributed by atoms with van der Waals surface area (Å²) in [5.74, 6) is -1.92. The summed E-state index contributed by atoms with van der Waals surface area (Å²) >= 11 is 0. The van der Waals surface area contributed by atoms with E-state index in [-0.39, 0.29) is 39.4 Å². The maximum atomic E-state index is 13.1. The highest BCUT2D eigenvalue weighted by Gasteiger charge is 2.70. The standard InChI is InChI=1S/C36H54O10/c1-31(2)13-15-36(30(43)44)16-14-34(5)19(20(36)17-31)7-8-22-32(3)11-10-23(33(4,18-37)21(32)9-12-35(22,34)6)45-29-26(40)24(38)25(39)27(46-29)28(41)42/h7,18,20-27,29,38-40H,8-17H2,1-6H3,(H,41,42)(H,43,44)/t20-,21-,22-,23+,24-,25+,26-,27+,29-,32+,33+,34-,35-,36+/m1/s1. The molecule has 6 rings (SSSR count). The number of carbonyl (C=O) groups is 3. The second kappa shape index (κ2) is 10.8. The van der Waals surface area contributed by atoms with Gasteiger partial charge in [0.05, 0.1) is 16.9 Å². The van der Waals surface area contributed by atoms with Crippen LogP contribution >= 0.6 is 0 Å². The Hall–Kier alpha value is -1.85. The Labute approximate surface area is 271 Å². The number of aliphatic carboxylic acids is 2. The molecule has 1 aliphatic heterocycles. The molecule has 10 nitrogen and oxygen atoms in total. The van der Waals surface area contributed by atoms with Gasteiger partial charge in [-0.2, -0.15) is 0 Å². The summed E-state index contributed by atoms with van der Waals surface area (Å²) in [6.45, 7) is 13.5. The number of aldehydes is 1. The molecule has 0 aromatic rings. The maximum absolute atomic E-state index is 13.1. The lowest BCUT2D eigenvalue weighted by molar-refractivity contribution is -0.321. The van der Waals surface area contributed by atoms with Crippen LogP contribution in [0, 0.1) is 50.2 Å². The zero-order chi connectivity index (χ0) is 33.8. The predicted octanol–water partition coefficient (Wildman–Crippen LogP) is 4.33. The lowest BCUT2D eigenvalue weighted by atomic mass is 9.33. The predicted molar refractivity (Wildman–Crippen MR) is 166 cm³/mol. The largest absolute Gasteiger partial charge is 0.481 e. The van der Waals surface area contributed by atoms with Crippen LogP contribution in [0.3, 0.4) is 0 Å². The van der Waals surface area contributed by atoms with E-state index in [1.807, 2.05) is 6.92 Å². The lowest BCUT2D eigenvalue weighted by Gasteiger charge is -2.71. The average Bonchev–Trinajstić information content (AvgIpc) is 2.98. The number of carbonyl (C=O) groups excluding carboxylic acids is 1. The molecule has 5 aliphatic carbocycles. The van der Waals surface area contributed by atoms with Crippen LogP contribution in [0.5, 0.6) is 0 Å². The van der Waals surface area contributed by atoms with Gasteiger partial charge in [-0.15, -0.1) is 0 Å². The Morgan fingerprint density at radius 1 is 0.870 bits per heavy atom. The molecule has 10 heteroatoms. The fourth-order valence-electron chi connectivity index (χ4n) is 12.0. The third-order valence-electron chi connectivity index (χ3n) is 15.1. The number of hydrogen-bond donors (Lipinski definition) is 5. The highest BCUT2D eigenvalue weighted by Crippen LogP contribution is 2.75. The van der Waals surface area contributed by atoms with E-state index in [9.17, 15) is 39.9 Å². The minimum atomic E-state index is -1.82. The summed E-state index contributed by atoms with van der Waals surface area (Å²) in [5.41, 5.74) is -0.721. The zero-order valence-electron chi connectivity index (χ0n) is 28.2. The third-order valence-corrected chi connectivity index (χ3v) is 15.1. The highest BCUT2D eigenvalue weighted by atomic mass is 16.7. The number of allylic oxidation sites excluding steroid dienone is 2. The van der Waals surface area contributed by atoms with Crippen LogP contribution in [0.2, 0.25) is 0 Å². The summed E-state index contributed by atoms with van der Waals surface area (Å²) < 4.78 is 11.7. The SMILES string of the molecule is CC1(C)CC[C@]2(C(=O)O)CC[C@]3(C)C(=CC[C@@H]4[C@@]5(C)CC[C@H](O[C@@H]6O[C@H](C(=O)O)[C@@H](O)[C@@H](O)[C@H]6O)[C@@](C)(C=O)[C@@H]5CC[C@]43C)[C@H]2C1. The minimum absolute atomic E-state index is 0.0191. The topological polar surface area (TPSA) is 171 Å². The quantitative estimate of drug-likeness (QED) is 0.165. The van der Waals surface area contributed by atoms with Gasteiger partial charge < -0.3 is 39.8 Å². The smallest absolute Gasteiger partial charge is 0.335 e. The van der Waals surface area contributed by atoms with E-state index in [1.54, 1.807) is 0 Å². The number of hydrogen-bond acceptors (Lipinski definition) is 8. The number of carboxylic acids is 2. The highest BCUT2D eigenvalue weighted by molar-refractivity contribution is 5.76.